The minimum Gasteiger partial charge on any atom is -0.497 e. The number of hydrogen-bond acceptors (Lipinski definition) is 3. The maximum Gasteiger partial charge on any atom is 0.191 e. The van der Waals surface area contributed by atoms with Gasteiger partial charge in [-0.25, -0.2) is 0 Å². The summed E-state index contributed by atoms with van der Waals surface area (Å²) in [6, 6.07) is 8.49. The quantitative estimate of drug-likeness (QED) is 0.680. The molecule has 23 heavy (non-hydrogen) atoms. The summed E-state index contributed by atoms with van der Waals surface area (Å²) in [5.41, 5.74) is 7.74. The lowest BCUT2D eigenvalue weighted by Crippen LogP contribution is -2.43. The molecule has 1 aliphatic heterocycles. The van der Waals surface area contributed by atoms with E-state index in [9.17, 15) is 0 Å². The van der Waals surface area contributed by atoms with Gasteiger partial charge in [0.2, 0.25) is 0 Å². The third kappa shape index (κ3) is 3.77. The van der Waals surface area contributed by atoms with Crippen molar-refractivity contribution in [3.8, 4) is 5.75 Å². The number of nitrogens with zero attached hydrogens (tertiary/aromatic N) is 2. The van der Waals surface area contributed by atoms with E-state index >= 15 is 0 Å². The van der Waals surface area contributed by atoms with Crippen molar-refractivity contribution >= 4 is 17.7 Å². The Bertz CT molecular complexity index is 549. The van der Waals surface area contributed by atoms with E-state index in [1.54, 1.807) is 7.11 Å². The molecule has 0 atom stereocenters. The molecule has 2 aliphatic rings. The van der Waals surface area contributed by atoms with Crippen LogP contribution in [-0.4, -0.2) is 49.1 Å². The molecule has 4 nitrogen and oxygen atoms in total. The fourth-order valence-electron chi connectivity index (χ4n) is 3.67. The maximum atomic E-state index is 6.26. The number of rotatable bonds is 4. The van der Waals surface area contributed by atoms with Crippen LogP contribution in [0.5, 0.6) is 5.75 Å². The van der Waals surface area contributed by atoms with Crippen LogP contribution in [0.15, 0.2) is 29.3 Å². The summed E-state index contributed by atoms with van der Waals surface area (Å²) in [5.74, 6) is 3.95. The number of hydrogen-bond donors (Lipinski definition) is 1. The average molecular weight is 334 g/mol. The molecule has 1 aromatic carbocycles. The number of ether oxygens (including phenoxy) is 1. The number of benzene rings is 1. The highest BCUT2D eigenvalue weighted by Gasteiger charge is 2.36. The Morgan fingerprint density at radius 1 is 1.30 bits per heavy atom. The second-order valence-electron chi connectivity index (χ2n) is 6.49. The van der Waals surface area contributed by atoms with Gasteiger partial charge in [0.05, 0.1) is 13.7 Å². The van der Waals surface area contributed by atoms with Gasteiger partial charge in [-0.3, -0.25) is 4.99 Å². The minimum atomic E-state index is 0.129. The summed E-state index contributed by atoms with van der Waals surface area (Å²) in [6.07, 6.45) is 4.92. The Balaban J connectivity index is 1.77. The van der Waals surface area contributed by atoms with E-state index in [-0.39, 0.29) is 5.41 Å². The zero-order valence-electron chi connectivity index (χ0n) is 14.0. The summed E-state index contributed by atoms with van der Waals surface area (Å²) < 4.78 is 5.41. The molecule has 1 aromatic rings. The minimum absolute atomic E-state index is 0.129. The number of guanidine groups is 1. The summed E-state index contributed by atoms with van der Waals surface area (Å²) in [5, 5.41) is 0. The van der Waals surface area contributed by atoms with Crippen molar-refractivity contribution in [2.75, 3.05) is 38.2 Å². The van der Waals surface area contributed by atoms with E-state index in [0.29, 0.717) is 0 Å². The van der Waals surface area contributed by atoms with Gasteiger partial charge in [-0.2, -0.15) is 11.8 Å². The lowest BCUT2D eigenvalue weighted by molar-refractivity contribution is 0.406. The first kappa shape index (κ1) is 16.5. The van der Waals surface area contributed by atoms with E-state index in [1.807, 2.05) is 17.8 Å². The van der Waals surface area contributed by atoms with Crippen LogP contribution in [0.4, 0.5) is 0 Å². The zero-order chi connectivity index (χ0) is 16.1. The van der Waals surface area contributed by atoms with E-state index in [1.165, 1.54) is 31.2 Å². The molecule has 0 radical (unpaired) electrons. The van der Waals surface area contributed by atoms with Crippen LogP contribution in [0, 0.1) is 0 Å². The van der Waals surface area contributed by atoms with E-state index in [4.69, 9.17) is 15.5 Å². The fourth-order valence-corrected chi connectivity index (χ4v) is 4.57. The highest BCUT2D eigenvalue weighted by molar-refractivity contribution is 7.99. The first-order valence-corrected chi connectivity index (χ1v) is 9.66. The molecule has 1 saturated carbocycles. The summed E-state index contributed by atoms with van der Waals surface area (Å²) in [4.78, 5) is 7.03. The van der Waals surface area contributed by atoms with Crippen LogP contribution in [0.25, 0.3) is 0 Å². The third-order valence-corrected chi connectivity index (χ3v) is 6.06. The molecule has 1 aliphatic carbocycles. The fraction of sp³-hybridized carbons (Fsp3) is 0.611. The van der Waals surface area contributed by atoms with Gasteiger partial charge >= 0.3 is 0 Å². The largest absolute Gasteiger partial charge is 0.497 e. The van der Waals surface area contributed by atoms with Gasteiger partial charge in [-0.1, -0.05) is 25.0 Å². The topological polar surface area (TPSA) is 50.9 Å². The van der Waals surface area contributed by atoms with E-state index in [0.717, 1.165) is 42.8 Å². The van der Waals surface area contributed by atoms with Crippen molar-refractivity contribution in [3.63, 3.8) is 0 Å². The second-order valence-corrected chi connectivity index (χ2v) is 7.72. The van der Waals surface area contributed by atoms with Gasteiger partial charge in [0.25, 0.3) is 0 Å². The van der Waals surface area contributed by atoms with Crippen molar-refractivity contribution in [1.29, 1.82) is 0 Å². The Labute approximate surface area is 143 Å². The van der Waals surface area contributed by atoms with Crippen molar-refractivity contribution < 1.29 is 4.74 Å². The average Bonchev–Trinajstić information content (AvgIpc) is 3.11. The SMILES string of the molecule is COc1cccc(C2(CN=C(N)N3CCSCC3)CCCC2)c1. The van der Waals surface area contributed by atoms with Gasteiger partial charge in [0.15, 0.2) is 5.96 Å². The Morgan fingerprint density at radius 3 is 2.74 bits per heavy atom. The Morgan fingerprint density at radius 2 is 2.04 bits per heavy atom. The number of thioether (sulfide) groups is 1. The van der Waals surface area contributed by atoms with Crippen LogP contribution in [-0.2, 0) is 5.41 Å². The molecule has 0 aromatic heterocycles. The van der Waals surface area contributed by atoms with Crippen LogP contribution in [0.3, 0.4) is 0 Å². The first-order valence-electron chi connectivity index (χ1n) is 8.51. The van der Waals surface area contributed by atoms with Crippen molar-refractivity contribution in [3.05, 3.63) is 29.8 Å². The molecule has 0 bridgehead atoms. The lowest BCUT2D eigenvalue weighted by Gasteiger charge is -2.31. The van der Waals surface area contributed by atoms with Gasteiger partial charge in [0, 0.05) is 30.0 Å². The molecule has 3 rings (SSSR count). The predicted molar refractivity (Wildman–Crippen MR) is 98.5 cm³/mol. The number of aliphatic imine (C=N–C) groups is 1. The van der Waals surface area contributed by atoms with Crippen LogP contribution in [0.1, 0.15) is 31.2 Å². The third-order valence-electron chi connectivity index (χ3n) is 5.12. The van der Waals surface area contributed by atoms with E-state index < -0.39 is 0 Å². The molecule has 2 N–H and O–H groups in total. The molecule has 1 saturated heterocycles. The normalized spacial score (nSPS) is 21.4. The molecular weight excluding hydrogens is 306 g/mol. The molecule has 126 valence electrons. The molecule has 5 heteroatoms. The molecule has 0 unspecified atom stereocenters. The second kappa shape index (κ2) is 7.47. The van der Waals surface area contributed by atoms with E-state index in [2.05, 4.69) is 23.1 Å². The van der Waals surface area contributed by atoms with Gasteiger partial charge in [-0.05, 0) is 30.5 Å². The standard InChI is InChI=1S/C18H27N3OS/c1-22-16-6-4-5-15(13-16)18(7-2-3-8-18)14-20-17(19)21-9-11-23-12-10-21/h4-6,13H,2-3,7-12,14H2,1H3,(H2,19,20). The maximum absolute atomic E-state index is 6.26. The van der Waals surface area contributed by atoms with Gasteiger partial charge < -0.3 is 15.4 Å². The zero-order valence-corrected chi connectivity index (χ0v) is 14.8. The smallest absolute Gasteiger partial charge is 0.191 e. The predicted octanol–water partition coefficient (Wildman–Crippen LogP) is 2.87. The summed E-state index contributed by atoms with van der Waals surface area (Å²) in [7, 11) is 1.73. The van der Waals surface area contributed by atoms with Crippen LogP contribution in [0.2, 0.25) is 0 Å². The Hall–Kier alpha value is -1.36. The highest BCUT2D eigenvalue weighted by atomic mass is 32.2. The molecule has 0 spiro atoms. The van der Waals surface area contributed by atoms with Gasteiger partial charge in [0.1, 0.15) is 5.75 Å². The molecule has 1 heterocycles. The van der Waals surface area contributed by atoms with Gasteiger partial charge in [-0.15, -0.1) is 0 Å². The van der Waals surface area contributed by atoms with Crippen LogP contribution >= 0.6 is 11.8 Å². The number of methoxy groups -OCH3 is 1. The lowest BCUT2D eigenvalue weighted by atomic mass is 9.79. The Kier molecular flexibility index (Phi) is 5.36. The highest BCUT2D eigenvalue weighted by Crippen LogP contribution is 2.42. The monoisotopic (exact) mass is 333 g/mol. The summed E-state index contributed by atoms with van der Waals surface area (Å²) in [6.45, 7) is 2.83. The molecule has 2 fully saturated rings. The molecule has 0 amide bonds. The van der Waals surface area contributed by atoms with Crippen molar-refractivity contribution in [2.45, 2.75) is 31.1 Å². The van der Waals surface area contributed by atoms with Crippen molar-refractivity contribution in [2.24, 2.45) is 10.7 Å². The number of nitrogens with two attached hydrogens (primary N) is 1. The van der Waals surface area contributed by atoms with Crippen molar-refractivity contribution in [1.82, 2.24) is 4.90 Å². The first-order chi connectivity index (χ1) is 11.2. The molecular formula is C18H27N3OS. The summed E-state index contributed by atoms with van der Waals surface area (Å²) >= 11 is 1.99. The van der Waals surface area contributed by atoms with Crippen LogP contribution < -0.4 is 10.5 Å².